The summed E-state index contributed by atoms with van der Waals surface area (Å²) in [5, 5.41) is 1.62. The lowest BCUT2D eigenvalue weighted by Gasteiger charge is -1.99. The van der Waals surface area contributed by atoms with E-state index in [0.29, 0.717) is 5.16 Å². The normalized spacial score (nSPS) is 10.3. The molecule has 0 saturated heterocycles. The smallest absolute Gasteiger partial charge is 0.223 e. The minimum Gasteiger partial charge on any atom is -0.231 e. The van der Waals surface area contributed by atoms with Crippen LogP contribution in [0.2, 0.25) is 5.28 Å². The van der Waals surface area contributed by atoms with Gasteiger partial charge < -0.3 is 0 Å². The van der Waals surface area contributed by atoms with Gasteiger partial charge in [0.2, 0.25) is 5.28 Å². The molecule has 2 rings (SSSR count). The van der Waals surface area contributed by atoms with Crippen LogP contribution in [0.25, 0.3) is 0 Å². The molecule has 2 aromatic heterocycles. The van der Waals surface area contributed by atoms with Crippen molar-refractivity contribution >= 4 is 23.4 Å². The quantitative estimate of drug-likeness (QED) is 0.594. The van der Waals surface area contributed by atoms with Gasteiger partial charge in [-0.15, -0.1) is 0 Å². The number of hydrogen-bond acceptors (Lipinski definition) is 5. The van der Waals surface area contributed by atoms with E-state index in [0.717, 1.165) is 10.7 Å². The third kappa shape index (κ3) is 2.87. The average molecular weight is 239 g/mol. The molecule has 0 aliphatic heterocycles. The van der Waals surface area contributed by atoms with Gasteiger partial charge in [0.05, 0.1) is 0 Å². The molecule has 0 N–H and O–H groups in total. The summed E-state index contributed by atoms with van der Waals surface area (Å²) in [4.78, 5) is 16.2. The van der Waals surface area contributed by atoms with Crippen LogP contribution in [0.1, 0.15) is 5.69 Å². The summed E-state index contributed by atoms with van der Waals surface area (Å²) in [6.07, 6.45) is 3.32. The van der Waals surface area contributed by atoms with Crippen molar-refractivity contribution in [3.05, 3.63) is 35.5 Å². The number of nitrogens with zero attached hydrogens (tertiary/aromatic N) is 4. The fraction of sp³-hybridized carbons (Fsp3) is 0.111. The zero-order valence-corrected chi connectivity index (χ0v) is 9.46. The van der Waals surface area contributed by atoms with Crippen molar-refractivity contribution < 1.29 is 0 Å². The van der Waals surface area contributed by atoms with Crippen molar-refractivity contribution in [2.24, 2.45) is 0 Å². The molecule has 0 atom stereocenters. The van der Waals surface area contributed by atoms with Gasteiger partial charge >= 0.3 is 0 Å². The fourth-order valence-corrected chi connectivity index (χ4v) is 1.89. The van der Waals surface area contributed by atoms with Crippen LogP contribution in [0.5, 0.6) is 0 Å². The molecule has 15 heavy (non-hydrogen) atoms. The molecule has 4 nitrogen and oxygen atoms in total. The van der Waals surface area contributed by atoms with Gasteiger partial charge in [-0.3, -0.25) is 0 Å². The Bertz CT molecular complexity index is 434. The Morgan fingerprint density at radius 3 is 2.67 bits per heavy atom. The van der Waals surface area contributed by atoms with Crippen LogP contribution in [0.15, 0.2) is 34.7 Å². The van der Waals surface area contributed by atoms with E-state index in [1.807, 2.05) is 13.0 Å². The van der Waals surface area contributed by atoms with E-state index in [2.05, 4.69) is 19.9 Å². The van der Waals surface area contributed by atoms with Crippen molar-refractivity contribution in [3.8, 4) is 0 Å². The maximum Gasteiger partial charge on any atom is 0.223 e. The molecule has 0 unspecified atom stereocenters. The van der Waals surface area contributed by atoms with Crippen LogP contribution in [0, 0.1) is 6.92 Å². The zero-order chi connectivity index (χ0) is 10.7. The molecule has 0 aromatic carbocycles. The van der Waals surface area contributed by atoms with Gasteiger partial charge in [0.1, 0.15) is 5.03 Å². The Morgan fingerprint density at radius 1 is 1.13 bits per heavy atom. The molecule has 2 aromatic rings. The lowest BCUT2D eigenvalue weighted by atomic mass is 10.5. The van der Waals surface area contributed by atoms with Crippen LogP contribution in [-0.2, 0) is 0 Å². The number of aromatic nitrogens is 4. The molecule has 0 amide bonds. The summed E-state index contributed by atoms with van der Waals surface area (Å²) < 4.78 is 0. The van der Waals surface area contributed by atoms with Crippen molar-refractivity contribution in [2.75, 3.05) is 0 Å². The van der Waals surface area contributed by atoms with Gasteiger partial charge in [-0.05, 0) is 42.4 Å². The summed E-state index contributed by atoms with van der Waals surface area (Å²) in [7, 11) is 0. The maximum absolute atomic E-state index is 5.67. The third-order valence-electron chi connectivity index (χ3n) is 1.57. The van der Waals surface area contributed by atoms with Crippen LogP contribution in [0.3, 0.4) is 0 Å². The monoisotopic (exact) mass is 238 g/mol. The largest absolute Gasteiger partial charge is 0.231 e. The predicted molar refractivity (Wildman–Crippen MR) is 57.9 cm³/mol. The number of rotatable bonds is 2. The van der Waals surface area contributed by atoms with E-state index in [4.69, 9.17) is 11.6 Å². The molecule has 0 saturated carbocycles. The molecule has 0 fully saturated rings. The van der Waals surface area contributed by atoms with Crippen LogP contribution >= 0.6 is 23.4 Å². The Balaban J connectivity index is 2.22. The summed E-state index contributed by atoms with van der Waals surface area (Å²) in [6, 6.07) is 3.61. The molecule has 0 aliphatic carbocycles. The standard InChI is InChI=1S/C9H7ClN4S/c1-6-2-4-12-9(13-6)15-7-3-5-11-8(10)14-7/h2-5H,1H3. The molecule has 0 aliphatic rings. The first-order valence-electron chi connectivity index (χ1n) is 4.20. The highest BCUT2D eigenvalue weighted by Gasteiger charge is 2.02. The average Bonchev–Trinajstić information content (AvgIpc) is 2.17. The fourth-order valence-electron chi connectivity index (χ4n) is 0.945. The minimum absolute atomic E-state index is 0.229. The highest BCUT2D eigenvalue weighted by Crippen LogP contribution is 2.22. The molecule has 76 valence electrons. The lowest BCUT2D eigenvalue weighted by molar-refractivity contribution is 0.925. The second kappa shape index (κ2) is 4.55. The number of halogens is 1. The molecule has 0 bridgehead atoms. The highest BCUT2D eigenvalue weighted by atomic mass is 35.5. The van der Waals surface area contributed by atoms with E-state index in [-0.39, 0.29) is 5.28 Å². The third-order valence-corrected chi connectivity index (χ3v) is 2.57. The summed E-state index contributed by atoms with van der Waals surface area (Å²) in [5.41, 5.74) is 0.924. The number of hydrogen-bond donors (Lipinski definition) is 0. The van der Waals surface area contributed by atoms with E-state index < -0.39 is 0 Å². The molecular weight excluding hydrogens is 232 g/mol. The van der Waals surface area contributed by atoms with Gasteiger partial charge in [-0.2, -0.15) is 0 Å². The van der Waals surface area contributed by atoms with Crippen LogP contribution in [0.4, 0.5) is 0 Å². The summed E-state index contributed by atoms with van der Waals surface area (Å²) in [5.74, 6) is 0. The molecular formula is C9H7ClN4S. The van der Waals surface area contributed by atoms with E-state index >= 15 is 0 Å². The SMILES string of the molecule is Cc1ccnc(Sc2ccnc(Cl)n2)n1. The Labute approximate surface area is 96.2 Å². The second-order valence-electron chi connectivity index (χ2n) is 2.75. The van der Waals surface area contributed by atoms with Crippen LogP contribution in [-0.4, -0.2) is 19.9 Å². The first-order chi connectivity index (χ1) is 7.24. The molecule has 6 heteroatoms. The number of aryl methyl sites for hydroxylation is 1. The Hall–Kier alpha value is -1.20. The molecule has 0 spiro atoms. The van der Waals surface area contributed by atoms with Crippen molar-refractivity contribution in [2.45, 2.75) is 17.1 Å². The topological polar surface area (TPSA) is 51.6 Å². The van der Waals surface area contributed by atoms with E-state index in [1.165, 1.54) is 11.8 Å². The predicted octanol–water partition coefficient (Wildman–Crippen LogP) is 2.38. The minimum atomic E-state index is 0.229. The van der Waals surface area contributed by atoms with Gasteiger partial charge in [0.15, 0.2) is 5.16 Å². The van der Waals surface area contributed by atoms with Gasteiger partial charge in [0.25, 0.3) is 0 Å². The maximum atomic E-state index is 5.67. The van der Waals surface area contributed by atoms with Crippen LogP contribution < -0.4 is 0 Å². The highest BCUT2D eigenvalue weighted by molar-refractivity contribution is 7.99. The lowest BCUT2D eigenvalue weighted by Crippen LogP contribution is -1.90. The summed E-state index contributed by atoms with van der Waals surface area (Å²) in [6.45, 7) is 1.92. The van der Waals surface area contributed by atoms with E-state index in [9.17, 15) is 0 Å². The Kier molecular flexibility index (Phi) is 3.13. The Morgan fingerprint density at radius 2 is 1.93 bits per heavy atom. The summed E-state index contributed by atoms with van der Waals surface area (Å²) >= 11 is 7.02. The van der Waals surface area contributed by atoms with Gasteiger partial charge in [-0.1, -0.05) is 0 Å². The second-order valence-corrected chi connectivity index (χ2v) is 4.07. The first-order valence-corrected chi connectivity index (χ1v) is 5.39. The van der Waals surface area contributed by atoms with Crippen molar-refractivity contribution in [1.29, 1.82) is 0 Å². The van der Waals surface area contributed by atoms with Crippen molar-refractivity contribution in [1.82, 2.24) is 19.9 Å². The first kappa shape index (κ1) is 10.3. The molecule has 2 heterocycles. The van der Waals surface area contributed by atoms with Crippen molar-refractivity contribution in [3.63, 3.8) is 0 Å². The van der Waals surface area contributed by atoms with E-state index in [1.54, 1.807) is 18.5 Å². The van der Waals surface area contributed by atoms with Gasteiger partial charge in [-0.25, -0.2) is 19.9 Å². The zero-order valence-electron chi connectivity index (χ0n) is 7.88. The molecule has 0 radical (unpaired) electrons. The van der Waals surface area contributed by atoms with Gasteiger partial charge in [0, 0.05) is 18.1 Å².